The third-order valence-electron chi connectivity index (χ3n) is 5.53. The van der Waals surface area contributed by atoms with Gasteiger partial charge in [0.15, 0.2) is 0 Å². The number of thioether (sulfide) groups is 1. The maximum Gasteiger partial charge on any atom is 0.326 e. The van der Waals surface area contributed by atoms with Gasteiger partial charge >= 0.3 is 5.97 Å². The van der Waals surface area contributed by atoms with Crippen LogP contribution < -0.4 is 16.0 Å². The van der Waals surface area contributed by atoms with Crippen molar-refractivity contribution in [1.82, 2.24) is 16.0 Å². The molecule has 0 saturated carbocycles. The van der Waals surface area contributed by atoms with Crippen molar-refractivity contribution in [2.45, 2.75) is 44.8 Å². The lowest BCUT2D eigenvalue weighted by molar-refractivity contribution is -0.142. The lowest BCUT2D eigenvalue weighted by atomic mass is 10.00. The van der Waals surface area contributed by atoms with Crippen LogP contribution >= 0.6 is 11.8 Å². The highest BCUT2D eigenvalue weighted by molar-refractivity contribution is 7.98. The molecule has 0 aliphatic rings. The number of rotatable bonds is 13. The number of benzene rings is 2. The molecule has 0 heterocycles. The molecule has 0 unspecified atom stereocenters. The summed E-state index contributed by atoms with van der Waals surface area (Å²) < 4.78 is 0. The molecule has 10 heteroatoms. The zero-order chi connectivity index (χ0) is 26.7. The van der Waals surface area contributed by atoms with Crippen LogP contribution in [0.4, 0.5) is 0 Å². The Balaban J connectivity index is 2.23. The Morgan fingerprint density at radius 1 is 0.861 bits per heavy atom. The Morgan fingerprint density at radius 3 is 2.06 bits per heavy atom. The Bertz CT molecular complexity index is 1050. The Labute approximate surface area is 215 Å². The maximum absolute atomic E-state index is 13.2. The molecular formula is C26H33N3O6S. The molecule has 3 amide bonds. The third-order valence-corrected chi connectivity index (χ3v) is 6.17. The van der Waals surface area contributed by atoms with Crippen molar-refractivity contribution in [1.29, 1.82) is 0 Å². The number of aromatic hydroxyl groups is 1. The number of hydrogen-bond donors (Lipinski definition) is 5. The van der Waals surface area contributed by atoms with E-state index >= 15 is 0 Å². The molecule has 36 heavy (non-hydrogen) atoms. The van der Waals surface area contributed by atoms with E-state index in [2.05, 4.69) is 16.0 Å². The molecule has 2 aromatic rings. The monoisotopic (exact) mass is 515 g/mol. The quantitative estimate of drug-likeness (QED) is 0.275. The second kappa shape index (κ2) is 14.1. The van der Waals surface area contributed by atoms with E-state index in [0.29, 0.717) is 5.75 Å². The van der Waals surface area contributed by atoms with Crippen molar-refractivity contribution in [2.75, 3.05) is 12.0 Å². The van der Waals surface area contributed by atoms with Gasteiger partial charge in [-0.3, -0.25) is 14.4 Å². The first kappa shape index (κ1) is 28.7. The van der Waals surface area contributed by atoms with Gasteiger partial charge in [-0.15, -0.1) is 0 Å². The molecule has 0 radical (unpaired) electrons. The number of phenols is 1. The van der Waals surface area contributed by atoms with Crippen molar-refractivity contribution in [3.63, 3.8) is 0 Å². The number of nitrogens with one attached hydrogen (secondary N) is 3. The Hall–Kier alpha value is -3.53. The Morgan fingerprint density at radius 2 is 1.47 bits per heavy atom. The molecule has 0 spiro atoms. The number of carbonyl (C=O) groups is 4. The van der Waals surface area contributed by atoms with E-state index in [9.17, 15) is 29.4 Å². The molecule has 0 bridgehead atoms. The lowest BCUT2D eigenvalue weighted by Gasteiger charge is -2.26. The van der Waals surface area contributed by atoms with Crippen molar-refractivity contribution >= 4 is 35.5 Å². The zero-order valence-electron chi connectivity index (χ0n) is 20.6. The summed E-state index contributed by atoms with van der Waals surface area (Å²) in [6.07, 6.45) is 2.21. The summed E-state index contributed by atoms with van der Waals surface area (Å²) in [6.45, 7) is 3.48. The van der Waals surface area contributed by atoms with Gasteiger partial charge in [0.1, 0.15) is 23.9 Å². The number of amides is 3. The highest BCUT2D eigenvalue weighted by atomic mass is 32.2. The molecule has 2 aromatic carbocycles. The summed E-state index contributed by atoms with van der Waals surface area (Å²) in [6, 6.07) is 11.8. The second-order valence-corrected chi connectivity index (χ2v) is 9.63. The zero-order valence-corrected chi connectivity index (χ0v) is 21.4. The first-order chi connectivity index (χ1) is 17.1. The van der Waals surface area contributed by atoms with Gasteiger partial charge in [0, 0.05) is 6.42 Å². The fourth-order valence-corrected chi connectivity index (χ4v) is 3.98. The average Bonchev–Trinajstić information content (AvgIpc) is 2.84. The smallest absolute Gasteiger partial charge is 0.326 e. The van der Waals surface area contributed by atoms with Crippen LogP contribution in [0.25, 0.3) is 0 Å². The largest absolute Gasteiger partial charge is 0.507 e. The highest BCUT2D eigenvalue weighted by Crippen LogP contribution is 2.16. The van der Waals surface area contributed by atoms with E-state index < -0.39 is 41.8 Å². The van der Waals surface area contributed by atoms with Gasteiger partial charge in [-0.2, -0.15) is 11.8 Å². The summed E-state index contributed by atoms with van der Waals surface area (Å²) in [5.41, 5.74) is 0.793. The van der Waals surface area contributed by atoms with Crippen LogP contribution in [0.15, 0.2) is 54.6 Å². The SMILES string of the molecule is CSCC[C@@H](NC(=O)[C@H](Cc1ccccc1)NC(=O)[C@H](NC(=O)c1ccccc1O)C(C)C)C(=O)O. The number of hydrogen-bond acceptors (Lipinski definition) is 6. The minimum atomic E-state index is -1.16. The van der Waals surface area contributed by atoms with Gasteiger partial charge in [-0.05, 0) is 42.0 Å². The number of aliphatic carboxylic acids is 1. The molecule has 0 fully saturated rings. The van der Waals surface area contributed by atoms with Crippen LogP contribution in [0.3, 0.4) is 0 Å². The van der Waals surface area contributed by atoms with Gasteiger partial charge in [0.05, 0.1) is 5.56 Å². The van der Waals surface area contributed by atoms with Crippen LogP contribution in [0.2, 0.25) is 0 Å². The normalized spacial score (nSPS) is 13.3. The number of phenolic OH excluding ortho intramolecular Hbond substituents is 1. The Kier molecular flexibility index (Phi) is 11.3. The third kappa shape index (κ3) is 8.60. The molecule has 0 aliphatic heterocycles. The van der Waals surface area contributed by atoms with Crippen LogP contribution in [-0.4, -0.2) is 64.0 Å². The number of carboxylic acids is 1. The van der Waals surface area contributed by atoms with E-state index in [1.807, 2.05) is 12.3 Å². The molecule has 9 nitrogen and oxygen atoms in total. The van der Waals surface area contributed by atoms with Crippen LogP contribution in [-0.2, 0) is 20.8 Å². The number of carbonyl (C=O) groups excluding carboxylic acids is 3. The summed E-state index contributed by atoms with van der Waals surface area (Å²) in [7, 11) is 0. The topological polar surface area (TPSA) is 145 Å². The van der Waals surface area contributed by atoms with E-state index in [1.165, 1.54) is 23.9 Å². The maximum atomic E-state index is 13.2. The molecule has 5 N–H and O–H groups in total. The molecule has 3 atom stereocenters. The van der Waals surface area contributed by atoms with Gasteiger partial charge in [0.25, 0.3) is 5.91 Å². The molecule has 0 saturated heterocycles. The van der Waals surface area contributed by atoms with E-state index in [4.69, 9.17) is 0 Å². The van der Waals surface area contributed by atoms with E-state index in [1.54, 1.807) is 50.2 Å². The molecule has 194 valence electrons. The summed E-state index contributed by atoms with van der Waals surface area (Å²) in [4.78, 5) is 50.7. The van der Waals surface area contributed by atoms with Crippen LogP contribution in [0.1, 0.15) is 36.2 Å². The van der Waals surface area contributed by atoms with E-state index in [0.717, 1.165) is 5.56 Å². The lowest BCUT2D eigenvalue weighted by Crippen LogP contribution is -2.57. The van der Waals surface area contributed by atoms with Gasteiger partial charge in [-0.1, -0.05) is 56.3 Å². The first-order valence-corrected chi connectivity index (χ1v) is 13.0. The molecule has 0 aromatic heterocycles. The van der Waals surface area contributed by atoms with Crippen LogP contribution in [0.5, 0.6) is 5.75 Å². The van der Waals surface area contributed by atoms with Crippen LogP contribution in [0, 0.1) is 5.92 Å². The number of para-hydroxylation sites is 1. The van der Waals surface area contributed by atoms with Crippen molar-refractivity contribution in [3.05, 3.63) is 65.7 Å². The fraction of sp³-hybridized carbons (Fsp3) is 0.385. The number of carboxylic acid groups (broad SMARTS) is 1. The van der Waals surface area contributed by atoms with Crippen molar-refractivity contribution < 1.29 is 29.4 Å². The highest BCUT2D eigenvalue weighted by Gasteiger charge is 2.31. The summed E-state index contributed by atoms with van der Waals surface area (Å²) >= 11 is 1.47. The molecular weight excluding hydrogens is 482 g/mol. The minimum Gasteiger partial charge on any atom is -0.507 e. The van der Waals surface area contributed by atoms with Gasteiger partial charge in [0.2, 0.25) is 11.8 Å². The fourth-order valence-electron chi connectivity index (χ4n) is 3.51. The van der Waals surface area contributed by atoms with Crippen molar-refractivity contribution in [2.24, 2.45) is 5.92 Å². The second-order valence-electron chi connectivity index (χ2n) is 8.64. The minimum absolute atomic E-state index is 0.0209. The van der Waals surface area contributed by atoms with E-state index in [-0.39, 0.29) is 30.1 Å². The predicted octanol–water partition coefficient (Wildman–Crippen LogP) is 2.20. The summed E-state index contributed by atoms with van der Waals surface area (Å²) in [5, 5.41) is 27.3. The predicted molar refractivity (Wildman–Crippen MR) is 139 cm³/mol. The van der Waals surface area contributed by atoms with Gasteiger partial charge in [-0.25, -0.2) is 4.79 Å². The first-order valence-electron chi connectivity index (χ1n) is 11.6. The van der Waals surface area contributed by atoms with Gasteiger partial charge < -0.3 is 26.2 Å². The standard InChI is InChI=1S/C26H33N3O6S/c1-16(2)22(29-23(31)18-11-7-8-12-21(18)30)25(33)28-20(15-17-9-5-4-6-10-17)24(32)27-19(26(34)35)13-14-36-3/h4-12,16,19-20,22,30H,13-15H2,1-3H3,(H,27,32)(H,28,33)(H,29,31)(H,34,35)/t19-,20+,22-/m1/s1. The molecule has 0 aliphatic carbocycles. The van der Waals surface area contributed by atoms with Crippen molar-refractivity contribution in [3.8, 4) is 5.75 Å². The average molecular weight is 516 g/mol. The summed E-state index contributed by atoms with van der Waals surface area (Å²) in [5.74, 6) is -3.03. The molecule has 2 rings (SSSR count).